The topological polar surface area (TPSA) is 35.2 Å². The van der Waals surface area contributed by atoms with E-state index < -0.39 is 0 Å². The number of hydrogen-bond acceptors (Lipinski definition) is 2. The van der Waals surface area contributed by atoms with E-state index in [0.29, 0.717) is 0 Å². The van der Waals surface area contributed by atoms with Crippen LogP contribution in [0.15, 0.2) is 30.3 Å². The molecule has 0 radical (unpaired) electrons. The van der Waals surface area contributed by atoms with Gasteiger partial charge in [-0.3, -0.25) is 0 Å². The second kappa shape index (κ2) is 6.35. The predicted molar refractivity (Wildman–Crippen MR) is 75.6 cm³/mol. The average Bonchev–Trinajstić information content (AvgIpc) is 2.90. The van der Waals surface area contributed by atoms with Crippen molar-refractivity contribution >= 4 is 0 Å². The van der Waals surface area contributed by atoms with Crippen LogP contribution in [-0.4, -0.2) is 18.8 Å². The van der Waals surface area contributed by atoms with Crippen LogP contribution < -0.4 is 5.73 Å². The van der Waals surface area contributed by atoms with Crippen LogP contribution in [0.3, 0.4) is 0 Å². The fraction of sp³-hybridized carbons (Fsp3) is 0.625. The molecule has 1 aromatic carbocycles. The predicted octanol–water partition coefficient (Wildman–Crippen LogP) is 3.30. The molecule has 1 aromatic rings. The Morgan fingerprint density at radius 3 is 2.50 bits per heavy atom. The van der Waals surface area contributed by atoms with Crippen molar-refractivity contribution in [3.8, 4) is 0 Å². The first-order valence-electron chi connectivity index (χ1n) is 7.11. The van der Waals surface area contributed by atoms with Gasteiger partial charge in [0.1, 0.15) is 0 Å². The summed E-state index contributed by atoms with van der Waals surface area (Å²) in [4.78, 5) is 0. The van der Waals surface area contributed by atoms with Crippen molar-refractivity contribution in [2.45, 2.75) is 56.6 Å². The normalized spacial score (nSPS) is 19.9. The van der Waals surface area contributed by atoms with Crippen molar-refractivity contribution in [2.75, 3.05) is 7.11 Å². The Morgan fingerprint density at radius 2 is 1.89 bits per heavy atom. The number of aryl methyl sites for hydroxylation is 1. The van der Waals surface area contributed by atoms with Gasteiger partial charge in [-0.25, -0.2) is 0 Å². The van der Waals surface area contributed by atoms with E-state index in [1.807, 2.05) is 7.11 Å². The molecule has 0 heterocycles. The zero-order chi connectivity index (χ0) is 12.8. The summed E-state index contributed by atoms with van der Waals surface area (Å²) in [6, 6.07) is 10.8. The van der Waals surface area contributed by atoms with Gasteiger partial charge in [-0.15, -0.1) is 0 Å². The van der Waals surface area contributed by atoms with Gasteiger partial charge in [0.25, 0.3) is 0 Å². The van der Waals surface area contributed by atoms with Gasteiger partial charge < -0.3 is 10.5 Å². The van der Waals surface area contributed by atoms with E-state index in [1.54, 1.807) is 0 Å². The van der Waals surface area contributed by atoms with Gasteiger partial charge in [0.2, 0.25) is 0 Å². The van der Waals surface area contributed by atoms with Crippen molar-refractivity contribution in [3.63, 3.8) is 0 Å². The first kappa shape index (κ1) is 13.6. The minimum absolute atomic E-state index is 0.0311. The molecule has 0 amide bonds. The van der Waals surface area contributed by atoms with Crippen LogP contribution in [-0.2, 0) is 11.2 Å². The summed E-state index contributed by atoms with van der Waals surface area (Å²) in [6.45, 7) is 0. The lowest BCUT2D eigenvalue weighted by molar-refractivity contribution is -0.0278. The van der Waals surface area contributed by atoms with E-state index in [-0.39, 0.29) is 11.6 Å². The molecular weight excluding hydrogens is 222 g/mol. The Morgan fingerprint density at radius 1 is 1.22 bits per heavy atom. The van der Waals surface area contributed by atoms with E-state index in [1.165, 1.54) is 18.4 Å². The van der Waals surface area contributed by atoms with Gasteiger partial charge in [0.05, 0.1) is 5.60 Å². The summed E-state index contributed by atoms with van der Waals surface area (Å²) in [7, 11) is 1.82. The maximum absolute atomic E-state index is 6.36. The summed E-state index contributed by atoms with van der Waals surface area (Å²) in [5.74, 6) is 0. The summed E-state index contributed by atoms with van der Waals surface area (Å²) in [5.41, 5.74) is 7.74. The van der Waals surface area contributed by atoms with Crippen LogP contribution >= 0.6 is 0 Å². The number of nitrogens with two attached hydrogens (primary N) is 1. The SMILES string of the molecule is COC1(C(N)CCCc2ccccc2)CCCC1. The second-order valence-electron chi connectivity index (χ2n) is 5.46. The highest BCUT2D eigenvalue weighted by Crippen LogP contribution is 2.36. The number of methoxy groups -OCH3 is 1. The zero-order valence-electron chi connectivity index (χ0n) is 11.4. The van der Waals surface area contributed by atoms with Crippen molar-refractivity contribution in [3.05, 3.63) is 35.9 Å². The molecule has 0 aromatic heterocycles. The zero-order valence-corrected chi connectivity index (χ0v) is 11.4. The first-order chi connectivity index (χ1) is 8.77. The van der Waals surface area contributed by atoms with Gasteiger partial charge in [-0.05, 0) is 37.7 Å². The maximum Gasteiger partial charge on any atom is 0.0828 e. The van der Waals surface area contributed by atoms with Crippen LogP contribution in [0.4, 0.5) is 0 Å². The molecule has 1 aliphatic rings. The summed E-state index contributed by atoms with van der Waals surface area (Å²) in [5, 5.41) is 0. The summed E-state index contributed by atoms with van der Waals surface area (Å²) >= 11 is 0. The number of benzene rings is 1. The van der Waals surface area contributed by atoms with Crippen molar-refractivity contribution in [1.29, 1.82) is 0 Å². The van der Waals surface area contributed by atoms with Crippen LogP contribution in [0, 0.1) is 0 Å². The number of hydrogen-bond donors (Lipinski definition) is 1. The molecule has 0 aliphatic heterocycles. The van der Waals surface area contributed by atoms with E-state index in [4.69, 9.17) is 10.5 Å². The van der Waals surface area contributed by atoms with Gasteiger partial charge in [-0.2, -0.15) is 0 Å². The van der Waals surface area contributed by atoms with Gasteiger partial charge in [0, 0.05) is 13.2 Å². The highest BCUT2D eigenvalue weighted by atomic mass is 16.5. The molecule has 100 valence electrons. The molecule has 1 atom stereocenters. The van der Waals surface area contributed by atoms with Gasteiger partial charge in [-0.1, -0.05) is 43.2 Å². The molecule has 0 saturated heterocycles. The van der Waals surface area contributed by atoms with E-state index in [2.05, 4.69) is 30.3 Å². The third kappa shape index (κ3) is 3.12. The van der Waals surface area contributed by atoms with Crippen molar-refractivity contribution in [2.24, 2.45) is 5.73 Å². The average molecular weight is 247 g/mol. The Bertz CT molecular complexity index is 343. The number of ether oxygens (including phenoxy) is 1. The standard InChI is InChI=1S/C16H25NO/c1-18-16(12-5-6-13-16)15(17)11-7-10-14-8-3-2-4-9-14/h2-4,8-9,15H,5-7,10-13,17H2,1H3. The Balaban J connectivity index is 1.79. The highest BCUT2D eigenvalue weighted by Gasteiger charge is 2.39. The monoisotopic (exact) mass is 247 g/mol. The maximum atomic E-state index is 6.36. The third-order valence-electron chi connectivity index (χ3n) is 4.36. The Labute approximate surface area is 111 Å². The van der Waals surface area contributed by atoms with Crippen LogP contribution in [0.5, 0.6) is 0 Å². The lowest BCUT2D eigenvalue weighted by Crippen LogP contribution is -2.47. The van der Waals surface area contributed by atoms with E-state index in [9.17, 15) is 0 Å². The van der Waals surface area contributed by atoms with E-state index >= 15 is 0 Å². The summed E-state index contributed by atoms with van der Waals surface area (Å²) < 4.78 is 5.74. The van der Waals surface area contributed by atoms with Crippen LogP contribution in [0.2, 0.25) is 0 Å². The Hall–Kier alpha value is -0.860. The van der Waals surface area contributed by atoms with E-state index in [0.717, 1.165) is 32.1 Å². The molecule has 0 spiro atoms. The molecule has 1 fully saturated rings. The molecule has 2 N–H and O–H groups in total. The van der Waals surface area contributed by atoms with Crippen LogP contribution in [0.1, 0.15) is 44.1 Å². The first-order valence-corrected chi connectivity index (χ1v) is 7.11. The fourth-order valence-corrected chi connectivity index (χ4v) is 3.13. The minimum atomic E-state index is -0.0311. The minimum Gasteiger partial charge on any atom is -0.377 e. The molecule has 0 bridgehead atoms. The fourth-order valence-electron chi connectivity index (χ4n) is 3.13. The lowest BCUT2D eigenvalue weighted by atomic mass is 9.88. The molecule has 1 saturated carbocycles. The molecule has 2 nitrogen and oxygen atoms in total. The number of rotatable bonds is 6. The second-order valence-corrected chi connectivity index (χ2v) is 5.46. The molecule has 1 aliphatic carbocycles. The molecule has 1 unspecified atom stereocenters. The quantitative estimate of drug-likeness (QED) is 0.837. The van der Waals surface area contributed by atoms with Crippen LogP contribution in [0.25, 0.3) is 0 Å². The third-order valence-corrected chi connectivity index (χ3v) is 4.36. The molecule has 18 heavy (non-hydrogen) atoms. The smallest absolute Gasteiger partial charge is 0.0828 e. The lowest BCUT2D eigenvalue weighted by Gasteiger charge is -2.34. The molecular formula is C16H25NO. The van der Waals surface area contributed by atoms with Crippen molar-refractivity contribution in [1.82, 2.24) is 0 Å². The van der Waals surface area contributed by atoms with Gasteiger partial charge >= 0.3 is 0 Å². The Kier molecular flexibility index (Phi) is 4.79. The van der Waals surface area contributed by atoms with Crippen molar-refractivity contribution < 1.29 is 4.74 Å². The largest absolute Gasteiger partial charge is 0.377 e. The van der Waals surface area contributed by atoms with Gasteiger partial charge in [0.15, 0.2) is 0 Å². The molecule has 2 heteroatoms. The highest BCUT2D eigenvalue weighted by molar-refractivity contribution is 5.14. The molecule has 2 rings (SSSR count). The summed E-state index contributed by atoms with van der Waals surface area (Å²) in [6.07, 6.45) is 8.12.